The number of nitro groups is 1. The van der Waals surface area contributed by atoms with Crippen LogP contribution in [-0.4, -0.2) is 18.6 Å². The van der Waals surface area contributed by atoms with Gasteiger partial charge in [0.25, 0.3) is 5.69 Å². The Hall–Kier alpha value is -1.30. The first-order valence-corrected chi connectivity index (χ1v) is 7.80. The molecule has 112 valence electrons. The van der Waals surface area contributed by atoms with Crippen molar-refractivity contribution in [2.24, 2.45) is 0 Å². The third-order valence-corrected chi connectivity index (χ3v) is 3.57. The van der Waals surface area contributed by atoms with Crippen LogP contribution in [0.1, 0.15) is 38.2 Å². The molecule has 0 unspecified atom stereocenters. The van der Waals surface area contributed by atoms with Gasteiger partial charge in [-0.3, -0.25) is 10.1 Å². The number of nitrogens with zero attached hydrogens (tertiary/aromatic N) is 1. The zero-order valence-corrected chi connectivity index (χ0v) is 13.4. The van der Waals surface area contributed by atoms with Crippen LogP contribution in [0.15, 0.2) is 12.1 Å². The number of alkyl halides is 1. The fraction of sp³-hybridized carbons (Fsp3) is 0.571. The van der Waals surface area contributed by atoms with E-state index in [0.717, 1.165) is 19.3 Å². The Labute approximate surface area is 127 Å². The fourth-order valence-corrected chi connectivity index (χ4v) is 2.30. The minimum absolute atomic E-state index is 0.0474. The van der Waals surface area contributed by atoms with Crippen molar-refractivity contribution in [2.75, 3.05) is 13.7 Å². The van der Waals surface area contributed by atoms with Gasteiger partial charge in [0.2, 0.25) is 0 Å². The third-order valence-electron chi connectivity index (χ3n) is 2.96. The summed E-state index contributed by atoms with van der Waals surface area (Å²) in [4.78, 5) is 10.6. The van der Waals surface area contributed by atoms with E-state index in [1.807, 2.05) is 0 Å². The fourth-order valence-electron chi connectivity index (χ4n) is 1.85. The van der Waals surface area contributed by atoms with Gasteiger partial charge in [0, 0.05) is 10.9 Å². The van der Waals surface area contributed by atoms with Crippen LogP contribution in [0.4, 0.5) is 5.69 Å². The highest BCUT2D eigenvalue weighted by Crippen LogP contribution is 2.35. The van der Waals surface area contributed by atoms with Crippen molar-refractivity contribution in [2.45, 2.75) is 37.9 Å². The van der Waals surface area contributed by atoms with Crippen LogP contribution in [0.2, 0.25) is 0 Å². The maximum atomic E-state index is 11.0. The van der Waals surface area contributed by atoms with Gasteiger partial charge < -0.3 is 9.47 Å². The SMILES string of the molecule is CCCCCCOc1cc([N+](=O)[O-])c(CBr)cc1OC. The predicted molar refractivity (Wildman–Crippen MR) is 81.9 cm³/mol. The second kappa shape index (κ2) is 8.79. The minimum atomic E-state index is -0.403. The molecule has 5 nitrogen and oxygen atoms in total. The highest BCUT2D eigenvalue weighted by atomic mass is 79.9. The molecule has 0 aliphatic carbocycles. The number of hydrogen-bond donors (Lipinski definition) is 0. The molecule has 0 N–H and O–H groups in total. The molecule has 0 amide bonds. The molecule has 0 saturated carbocycles. The summed E-state index contributed by atoms with van der Waals surface area (Å²) < 4.78 is 10.9. The largest absolute Gasteiger partial charge is 0.493 e. The van der Waals surface area contributed by atoms with Crippen molar-refractivity contribution in [3.63, 3.8) is 0 Å². The maximum absolute atomic E-state index is 11.0. The molecule has 0 aromatic heterocycles. The second-order valence-electron chi connectivity index (χ2n) is 4.43. The molecule has 0 aliphatic heterocycles. The lowest BCUT2D eigenvalue weighted by Gasteiger charge is -2.12. The number of unbranched alkanes of at least 4 members (excludes halogenated alkanes) is 3. The van der Waals surface area contributed by atoms with Crippen LogP contribution in [0, 0.1) is 10.1 Å². The van der Waals surface area contributed by atoms with Gasteiger partial charge in [-0.05, 0) is 12.5 Å². The smallest absolute Gasteiger partial charge is 0.277 e. The Kier molecular flexibility index (Phi) is 7.36. The normalized spacial score (nSPS) is 10.3. The molecule has 6 heteroatoms. The van der Waals surface area contributed by atoms with Gasteiger partial charge in [-0.1, -0.05) is 42.1 Å². The molecular weight excluding hydrogens is 326 g/mol. The van der Waals surface area contributed by atoms with Crippen molar-refractivity contribution < 1.29 is 14.4 Å². The van der Waals surface area contributed by atoms with Crippen LogP contribution in [0.5, 0.6) is 11.5 Å². The van der Waals surface area contributed by atoms with Gasteiger partial charge in [0.15, 0.2) is 11.5 Å². The minimum Gasteiger partial charge on any atom is -0.493 e. The van der Waals surface area contributed by atoms with E-state index >= 15 is 0 Å². The number of methoxy groups -OCH3 is 1. The maximum Gasteiger partial charge on any atom is 0.277 e. The quantitative estimate of drug-likeness (QED) is 0.287. The lowest BCUT2D eigenvalue weighted by Crippen LogP contribution is -2.02. The molecule has 0 saturated heterocycles. The summed E-state index contributed by atoms with van der Waals surface area (Å²) in [6, 6.07) is 3.09. The molecule has 0 heterocycles. The number of rotatable bonds is 9. The predicted octanol–water partition coefficient (Wildman–Crippen LogP) is 4.46. The zero-order valence-electron chi connectivity index (χ0n) is 11.9. The van der Waals surface area contributed by atoms with E-state index in [9.17, 15) is 10.1 Å². The Morgan fingerprint density at radius 3 is 2.55 bits per heavy atom. The first-order valence-electron chi connectivity index (χ1n) is 6.68. The van der Waals surface area contributed by atoms with E-state index in [1.165, 1.54) is 19.6 Å². The average Bonchev–Trinajstić information content (AvgIpc) is 2.46. The third kappa shape index (κ3) is 4.67. The van der Waals surface area contributed by atoms with Crippen LogP contribution in [0.3, 0.4) is 0 Å². The van der Waals surface area contributed by atoms with Crippen molar-refractivity contribution in [1.29, 1.82) is 0 Å². The highest BCUT2D eigenvalue weighted by molar-refractivity contribution is 9.08. The molecule has 1 aromatic rings. The van der Waals surface area contributed by atoms with Crippen molar-refractivity contribution in [3.05, 3.63) is 27.8 Å². The molecule has 0 radical (unpaired) electrons. The van der Waals surface area contributed by atoms with Gasteiger partial charge in [0.05, 0.1) is 24.7 Å². The molecule has 0 atom stereocenters. The Morgan fingerprint density at radius 1 is 1.25 bits per heavy atom. The number of nitro benzene ring substituents is 1. The highest BCUT2D eigenvalue weighted by Gasteiger charge is 2.18. The van der Waals surface area contributed by atoms with Crippen molar-refractivity contribution in [1.82, 2.24) is 0 Å². The number of hydrogen-bond acceptors (Lipinski definition) is 4. The summed E-state index contributed by atoms with van der Waals surface area (Å²) in [5, 5.41) is 11.4. The molecule has 0 bridgehead atoms. The number of benzene rings is 1. The zero-order chi connectivity index (χ0) is 15.0. The summed E-state index contributed by atoms with van der Waals surface area (Å²) in [6.07, 6.45) is 4.36. The van der Waals surface area contributed by atoms with Gasteiger partial charge in [-0.15, -0.1) is 0 Å². The van der Waals surface area contributed by atoms with E-state index in [0.29, 0.717) is 29.0 Å². The van der Waals surface area contributed by atoms with Crippen LogP contribution in [0.25, 0.3) is 0 Å². The van der Waals surface area contributed by atoms with Crippen LogP contribution < -0.4 is 9.47 Å². The average molecular weight is 346 g/mol. The summed E-state index contributed by atoms with van der Waals surface area (Å²) in [7, 11) is 1.53. The van der Waals surface area contributed by atoms with E-state index in [1.54, 1.807) is 6.07 Å². The second-order valence-corrected chi connectivity index (χ2v) is 4.99. The number of halogens is 1. The topological polar surface area (TPSA) is 61.6 Å². The monoisotopic (exact) mass is 345 g/mol. The van der Waals surface area contributed by atoms with Gasteiger partial charge in [-0.2, -0.15) is 0 Å². The van der Waals surface area contributed by atoms with E-state index in [2.05, 4.69) is 22.9 Å². The first-order chi connectivity index (χ1) is 9.63. The molecule has 1 rings (SSSR count). The Bertz CT molecular complexity index is 451. The molecule has 0 spiro atoms. The Morgan fingerprint density at radius 2 is 2.00 bits per heavy atom. The molecular formula is C14H20BrNO4. The summed E-state index contributed by atoms with van der Waals surface area (Å²) in [5.41, 5.74) is 0.622. The van der Waals surface area contributed by atoms with Gasteiger partial charge >= 0.3 is 0 Å². The summed E-state index contributed by atoms with van der Waals surface area (Å²) >= 11 is 3.24. The van der Waals surface area contributed by atoms with Gasteiger partial charge in [-0.25, -0.2) is 0 Å². The lowest BCUT2D eigenvalue weighted by atomic mass is 10.2. The molecule has 20 heavy (non-hydrogen) atoms. The van der Waals surface area contributed by atoms with Crippen LogP contribution >= 0.6 is 15.9 Å². The Balaban J connectivity index is 2.82. The van der Waals surface area contributed by atoms with Gasteiger partial charge in [0.1, 0.15) is 0 Å². The summed E-state index contributed by atoms with van der Waals surface area (Å²) in [6.45, 7) is 2.69. The van der Waals surface area contributed by atoms with Crippen LogP contribution in [-0.2, 0) is 5.33 Å². The standard InChI is InChI=1S/C14H20BrNO4/c1-3-4-5-6-7-20-14-9-12(16(17)18)11(10-15)8-13(14)19-2/h8-9H,3-7,10H2,1-2H3. The van der Waals surface area contributed by atoms with E-state index in [4.69, 9.17) is 9.47 Å². The summed E-state index contributed by atoms with van der Waals surface area (Å²) in [5.74, 6) is 0.959. The van der Waals surface area contributed by atoms with Crippen molar-refractivity contribution >= 4 is 21.6 Å². The number of ether oxygens (including phenoxy) is 2. The molecule has 1 aromatic carbocycles. The lowest BCUT2D eigenvalue weighted by molar-refractivity contribution is -0.385. The first kappa shape index (κ1) is 16.8. The molecule has 0 fully saturated rings. The molecule has 0 aliphatic rings. The van der Waals surface area contributed by atoms with E-state index < -0.39 is 4.92 Å². The van der Waals surface area contributed by atoms with Crippen molar-refractivity contribution in [3.8, 4) is 11.5 Å². The van der Waals surface area contributed by atoms with E-state index in [-0.39, 0.29) is 5.69 Å².